The number of hydrogen-bond acceptors (Lipinski definition) is 10. The van der Waals surface area contributed by atoms with E-state index in [1.165, 1.54) is 15.6 Å². The van der Waals surface area contributed by atoms with E-state index in [-0.39, 0.29) is 54.1 Å². The van der Waals surface area contributed by atoms with Gasteiger partial charge in [-0.1, -0.05) is 55.5 Å². The van der Waals surface area contributed by atoms with Gasteiger partial charge < -0.3 is 30.0 Å². The van der Waals surface area contributed by atoms with Crippen molar-refractivity contribution in [2.24, 2.45) is 23.7 Å². The maximum absolute atomic E-state index is 14.1. The first-order valence-corrected chi connectivity index (χ1v) is 18.5. The summed E-state index contributed by atoms with van der Waals surface area (Å²) in [7, 11) is -3.99. The van der Waals surface area contributed by atoms with Gasteiger partial charge in [-0.3, -0.25) is 0 Å². The minimum absolute atomic E-state index is 0.00430. The molecule has 1 amide bonds. The first kappa shape index (κ1) is 31.8. The smallest absolute Gasteiger partial charge is 0.407 e. The van der Waals surface area contributed by atoms with Crippen molar-refractivity contribution in [2.45, 2.75) is 75.0 Å². The van der Waals surface area contributed by atoms with Gasteiger partial charge in [0, 0.05) is 36.9 Å². The second kappa shape index (κ2) is 13.0. The zero-order valence-corrected chi connectivity index (χ0v) is 27.7. The third-order valence-corrected chi connectivity index (χ3v) is 12.2. The fraction of sp³-hybridized carbons (Fsp3) is 0.576. The number of anilines is 1. The normalized spacial score (nSPS) is 26.8. The number of benzene rings is 2. The van der Waals surface area contributed by atoms with E-state index in [4.69, 9.17) is 14.2 Å². The average Bonchev–Trinajstić information content (AvgIpc) is 3.48. The van der Waals surface area contributed by atoms with Crippen LogP contribution < -0.4 is 10.6 Å². The Bertz CT molecular complexity index is 1650. The number of ether oxygens (including phenoxy) is 3. The molecule has 46 heavy (non-hydrogen) atoms. The molecule has 2 saturated heterocycles. The molecule has 248 valence electrons. The molecule has 13 heteroatoms. The number of hydrogen-bond donors (Lipinski definition) is 3. The minimum Gasteiger partial charge on any atom is -0.445 e. The zero-order chi connectivity index (χ0) is 32.0. The van der Waals surface area contributed by atoms with Crippen LogP contribution in [-0.4, -0.2) is 85.8 Å². The first-order valence-electron chi connectivity index (χ1n) is 16.2. The van der Waals surface area contributed by atoms with E-state index in [1.54, 1.807) is 18.2 Å². The van der Waals surface area contributed by atoms with E-state index in [2.05, 4.69) is 15.6 Å². The highest BCUT2D eigenvalue weighted by Crippen LogP contribution is 2.49. The number of nitrogens with zero attached hydrogens (tertiary/aromatic N) is 2. The highest BCUT2D eigenvalue weighted by Gasteiger charge is 2.56. The van der Waals surface area contributed by atoms with Gasteiger partial charge in [0.15, 0.2) is 11.4 Å². The fourth-order valence-electron chi connectivity index (χ4n) is 7.00. The minimum atomic E-state index is -3.99. The van der Waals surface area contributed by atoms with E-state index < -0.39 is 28.3 Å². The molecular weight excluding hydrogens is 629 g/mol. The van der Waals surface area contributed by atoms with Crippen LogP contribution in [0.3, 0.4) is 0 Å². The van der Waals surface area contributed by atoms with Crippen molar-refractivity contribution < 1.29 is 32.5 Å². The highest BCUT2D eigenvalue weighted by atomic mass is 32.2. The number of aliphatic hydroxyl groups excluding tert-OH is 1. The van der Waals surface area contributed by atoms with Crippen LogP contribution in [0.5, 0.6) is 0 Å². The van der Waals surface area contributed by atoms with Gasteiger partial charge in [0.05, 0.1) is 40.5 Å². The predicted molar refractivity (Wildman–Crippen MR) is 174 cm³/mol. The van der Waals surface area contributed by atoms with Crippen molar-refractivity contribution >= 4 is 42.8 Å². The number of amides is 1. The van der Waals surface area contributed by atoms with Crippen LogP contribution in [0.25, 0.3) is 10.2 Å². The second-order valence-corrected chi connectivity index (χ2v) is 16.5. The number of aliphatic hydroxyl groups is 1. The number of carbonyl (C=O) groups excluding carboxylic acids is 1. The Morgan fingerprint density at radius 3 is 2.65 bits per heavy atom. The lowest BCUT2D eigenvalue weighted by Crippen LogP contribution is -2.52. The molecule has 2 bridgehead atoms. The van der Waals surface area contributed by atoms with Crippen LogP contribution in [-0.2, 0) is 30.7 Å². The average molecular weight is 671 g/mol. The van der Waals surface area contributed by atoms with Crippen molar-refractivity contribution in [3.8, 4) is 0 Å². The lowest BCUT2D eigenvalue weighted by molar-refractivity contribution is -0.169. The maximum Gasteiger partial charge on any atom is 0.407 e. The molecule has 0 spiro atoms. The number of carbonyl (C=O) groups is 1. The molecule has 2 aliphatic carbocycles. The summed E-state index contributed by atoms with van der Waals surface area (Å²) in [6, 6.07) is 14.1. The number of alkyl carbamates (subject to hydrolysis) is 1. The molecule has 2 unspecified atom stereocenters. The van der Waals surface area contributed by atoms with E-state index >= 15 is 0 Å². The molecule has 4 aliphatic rings. The van der Waals surface area contributed by atoms with Crippen LogP contribution >= 0.6 is 11.3 Å². The first-order chi connectivity index (χ1) is 22.1. The molecular formula is C33H42N4O7S2. The Morgan fingerprint density at radius 1 is 1.11 bits per heavy atom. The monoisotopic (exact) mass is 670 g/mol. The van der Waals surface area contributed by atoms with Crippen LogP contribution in [0.15, 0.2) is 53.4 Å². The summed E-state index contributed by atoms with van der Waals surface area (Å²) in [5.41, 5.74) is 1.64. The molecule has 3 N–H and O–H groups in total. The Hall–Kier alpha value is -2.81. The van der Waals surface area contributed by atoms with Gasteiger partial charge in [0.2, 0.25) is 10.0 Å². The standard InChI is InChI=1S/C33H42N4O7S2/c1-19(2)15-37(46(40,41)23-10-11-26-29(14-23)45-32(35-26)34-22-8-9-22)16-28(38)27(12-20-6-4-3-5-7-20)36-33(39)44-30-21-13-24-25(30)18-43-31(24)42-17-21/h3-7,10-11,14,19,21-22,24-25,27-28,30-31,38H,8-9,12-13,15-18H2,1-2H3,(H,34,35)(H,36,39)/t21?,24?,25-,27+,28-,30+,31+/m1/s1. The van der Waals surface area contributed by atoms with Crippen LogP contribution in [0.4, 0.5) is 9.93 Å². The van der Waals surface area contributed by atoms with Crippen LogP contribution in [0, 0.1) is 23.7 Å². The number of fused-ring (bicyclic) bond motifs is 2. The number of rotatable bonds is 13. The van der Waals surface area contributed by atoms with Gasteiger partial charge in [-0.25, -0.2) is 18.2 Å². The largest absolute Gasteiger partial charge is 0.445 e. The van der Waals surface area contributed by atoms with Crippen LogP contribution in [0.1, 0.15) is 38.7 Å². The molecule has 2 aromatic carbocycles. The predicted octanol–water partition coefficient (Wildman–Crippen LogP) is 4.22. The van der Waals surface area contributed by atoms with Gasteiger partial charge in [-0.15, -0.1) is 0 Å². The summed E-state index contributed by atoms with van der Waals surface area (Å²) < 4.78 is 47.9. The number of thiazole rings is 1. The van der Waals surface area contributed by atoms with Crippen molar-refractivity contribution in [1.29, 1.82) is 0 Å². The maximum atomic E-state index is 14.1. The summed E-state index contributed by atoms with van der Waals surface area (Å²) in [4.78, 5) is 18.1. The molecule has 7 atom stereocenters. The lowest BCUT2D eigenvalue weighted by Gasteiger charge is -2.31. The molecule has 2 aliphatic heterocycles. The van der Waals surface area contributed by atoms with Gasteiger partial charge in [0.1, 0.15) is 6.10 Å². The summed E-state index contributed by atoms with van der Waals surface area (Å²) in [5.74, 6) is 0.419. The Kier molecular flexibility index (Phi) is 8.98. The molecule has 11 nitrogen and oxygen atoms in total. The Labute approximate surface area is 273 Å². The summed E-state index contributed by atoms with van der Waals surface area (Å²) in [5, 5.41) is 18.7. The molecule has 4 fully saturated rings. The number of sulfonamides is 1. The van der Waals surface area contributed by atoms with Crippen molar-refractivity contribution in [1.82, 2.24) is 14.6 Å². The van der Waals surface area contributed by atoms with Crippen molar-refractivity contribution in [2.75, 3.05) is 31.6 Å². The van der Waals surface area contributed by atoms with Gasteiger partial charge in [0.25, 0.3) is 0 Å². The molecule has 3 heterocycles. The van der Waals surface area contributed by atoms with Crippen LogP contribution in [0.2, 0.25) is 0 Å². The fourth-order valence-corrected chi connectivity index (χ4v) is 9.71. The molecule has 7 rings (SSSR count). The second-order valence-electron chi connectivity index (χ2n) is 13.5. The topological polar surface area (TPSA) is 139 Å². The van der Waals surface area contributed by atoms with Crippen molar-refractivity contribution in [3.05, 3.63) is 54.1 Å². The third-order valence-electron chi connectivity index (χ3n) is 9.46. The van der Waals surface area contributed by atoms with E-state index in [0.717, 1.165) is 40.2 Å². The molecule has 2 saturated carbocycles. The third kappa shape index (κ3) is 6.76. The number of aromatic nitrogens is 1. The van der Waals surface area contributed by atoms with E-state index in [1.807, 2.05) is 44.2 Å². The van der Waals surface area contributed by atoms with E-state index in [9.17, 15) is 18.3 Å². The highest BCUT2D eigenvalue weighted by molar-refractivity contribution is 7.89. The Morgan fingerprint density at radius 2 is 1.89 bits per heavy atom. The summed E-state index contributed by atoms with van der Waals surface area (Å²) >= 11 is 1.44. The summed E-state index contributed by atoms with van der Waals surface area (Å²) in [6.45, 7) is 4.85. The molecule has 0 radical (unpaired) electrons. The molecule has 3 aromatic rings. The quantitative estimate of drug-likeness (QED) is 0.244. The van der Waals surface area contributed by atoms with Crippen molar-refractivity contribution in [3.63, 3.8) is 0 Å². The van der Waals surface area contributed by atoms with Gasteiger partial charge >= 0.3 is 6.09 Å². The zero-order valence-electron chi connectivity index (χ0n) is 26.1. The lowest BCUT2D eigenvalue weighted by atomic mass is 9.98. The van der Waals surface area contributed by atoms with Gasteiger partial charge in [-0.2, -0.15) is 4.31 Å². The molecule has 1 aromatic heterocycles. The SMILES string of the molecule is CC(C)CN(C[C@@H](O)[C@H](Cc1ccccc1)NC(=O)O[C@H]1C2CO[C@H]3OC[C@@H]1C3C2)S(=O)(=O)c1ccc2nc(NC3CC3)sc2c1. The number of nitrogens with one attached hydrogen (secondary N) is 2. The summed E-state index contributed by atoms with van der Waals surface area (Å²) in [6.07, 6.45) is 1.03. The van der Waals surface area contributed by atoms with Gasteiger partial charge in [-0.05, 0) is 55.4 Å². The van der Waals surface area contributed by atoms with E-state index in [0.29, 0.717) is 25.7 Å². The Balaban J connectivity index is 1.09.